The largest absolute Gasteiger partial charge is 0.368 e. The number of anilines is 2. The maximum absolute atomic E-state index is 13.1. The highest BCUT2D eigenvalue weighted by Crippen LogP contribution is 2.23. The molecular weight excluding hydrogens is 355 g/mol. The van der Waals surface area contributed by atoms with Crippen molar-refractivity contribution in [1.82, 2.24) is 9.88 Å². The van der Waals surface area contributed by atoms with Crippen molar-refractivity contribution in [3.05, 3.63) is 54.0 Å². The first-order chi connectivity index (χ1) is 13.6. The Kier molecular flexibility index (Phi) is 5.46. The molecule has 0 radical (unpaired) electrons. The van der Waals surface area contributed by atoms with Gasteiger partial charge in [0.05, 0.1) is 0 Å². The molecule has 2 aliphatic rings. The van der Waals surface area contributed by atoms with E-state index in [1.165, 1.54) is 25.0 Å². The number of pyridine rings is 1. The third-order valence-corrected chi connectivity index (χ3v) is 5.73. The summed E-state index contributed by atoms with van der Waals surface area (Å²) in [5.41, 5.74) is 1.71. The molecule has 148 valence electrons. The molecule has 0 saturated carbocycles. The first-order valence-electron chi connectivity index (χ1n) is 10.1. The van der Waals surface area contributed by atoms with Crippen LogP contribution in [0.15, 0.2) is 42.6 Å². The fourth-order valence-electron chi connectivity index (χ4n) is 4.12. The highest BCUT2D eigenvalue weighted by Gasteiger charge is 2.24. The van der Waals surface area contributed by atoms with E-state index in [-0.39, 0.29) is 11.7 Å². The van der Waals surface area contributed by atoms with E-state index in [0.717, 1.165) is 37.7 Å². The average Bonchev–Trinajstić information content (AvgIpc) is 2.74. The predicted molar refractivity (Wildman–Crippen MR) is 109 cm³/mol. The molecule has 5 nitrogen and oxygen atoms in total. The van der Waals surface area contributed by atoms with Crippen molar-refractivity contribution in [3.63, 3.8) is 0 Å². The second kappa shape index (κ2) is 8.17. The van der Waals surface area contributed by atoms with Crippen LogP contribution in [0, 0.1) is 11.7 Å². The number of carbonyl (C=O) groups excluding carboxylic acids is 1. The molecule has 2 fully saturated rings. The molecule has 6 heteroatoms. The van der Waals surface area contributed by atoms with E-state index in [9.17, 15) is 9.18 Å². The minimum absolute atomic E-state index is 0.0625. The van der Waals surface area contributed by atoms with Gasteiger partial charge in [-0.3, -0.25) is 4.79 Å². The number of halogens is 1. The fourth-order valence-corrected chi connectivity index (χ4v) is 4.12. The Bertz CT molecular complexity index is 818. The van der Waals surface area contributed by atoms with Crippen LogP contribution in [0.1, 0.15) is 30.1 Å². The van der Waals surface area contributed by atoms with Crippen LogP contribution < -0.4 is 9.80 Å². The Morgan fingerprint density at radius 2 is 1.79 bits per heavy atom. The molecule has 0 aliphatic carbocycles. The van der Waals surface area contributed by atoms with Crippen LogP contribution in [0.25, 0.3) is 0 Å². The number of hydrogen-bond donors (Lipinski definition) is 0. The van der Waals surface area contributed by atoms with E-state index in [1.54, 1.807) is 18.3 Å². The molecule has 0 bridgehead atoms. The van der Waals surface area contributed by atoms with Gasteiger partial charge < -0.3 is 14.7 Å². The maximum atomic E-state index is 13.1. The molecule has 3 heterocycles. The summed E-state index contributed by atoms with van der Waals surface area (Å²) in [4.78, 5) is 23.9. The van der Waals surface area contributed by atoms with Crippen molar-refractivity contribution in [1.29, 1.82) is 0 Å². The van der Waals surface area contributed by atoms with Gasteiger partial charge >= 0.3 is 0 Å². The van der Waals surface area contributed by atoms with Crippen LogP contribution in [0.5, 0.6) is 0 Å². The highest BCUT2D eigenvalue weighted by atomic mass is 19.1. The van der Waals surface area contributed by atoms with Crippen LogP contribution in [0.2, 0.25) is 0 Å². The van der Waals surface area contributed by atoms with Crippen LogP contribution >= 0.6 is 0 Å². The van der Waals surface area contributed by atoms with Gasteiger partial charge in [0.25, 0.3) is 5.91 Å². The highest BCUT2D eigenvalue weighted by molar-refractivity contribution is 5.95. The zero-order valence-electron chi connectivity index (χ0n) is 16.4. The Balaban J connectivity index is 1.40. The van der Waals surface area contributed by atoms with Gasteiger partial charge in [-0.2, -0.15) is 0 Å². The summed E-state index contributed by atoms with van der Waals surface area (Å²) < 4.78 is 13.1. The molecule has 0 N–H and O–H groups in total. The molecule has 4 rings (SSSR count). The molecule has 2 aliphatic heterocycles. The van der Waals surface area contributed by atoms with Crippen molar-refractivity contribution >= 4 is 17.4 Å². The molecule has 2 aromatic rings. The average molecular weight is 382 g/mol. The topological polar surface area (TPSA) is 39.7 Å². The van der Waals surface area contributed by atoms with Gasteiger partial charge in [-0.05, 0) is 55.2 Å². The number of piperazine rings is 1. The van der Waals surface area contributed by atoms with Gasteiger partial charge in [-0.1, -0.05) is 6.92 Å². The first-order valence-corrected chi connectivity index (χ1v) is 10.1. The number of aromatic nitrogens is 1. The van der Waals surface area contributed by atoms with Crippen LogP contribution in [0.3, 0.4) is 0 Å². The Labute approximate surface area is 165 Å². The van der Waals surface area contributed by atoms with Crippen molar-refractivity contribution in [2.75, 3.05) is 49.1 Å². The molecule has 1 aromatic carbocycles. The second-order valence-electron chi connectivity index (χ2n) is 7.85. The standard InChI is InChI=1S/C22H27FN4O/c1-17-3-2-10-27(16-17)21-15-18(8-9-24-21)22(28)26-13-11-25(12-14-26)20-6-4-19(23)5-7-20/h4-9,15,17H,2-3,10-14,16H2,1H3. The van der Waals surface area contributed by atoms with Crippen molar-refractivity contribution in [3.8, 4) is 0 Å². The van der Waals surface area contributed by atoms with Gasteiger partial charge in [0, 0.05) is 56.7 Å². The molecule has 0 spiro atoms. The van der Waals surface area contributed by atoms with Crippen LogP contribution in [-0.4, -0.2) is 55.1 Å². The number of rotatable bonds is 3. The fraction of sp³-hybridized carbons (Fsp3) is 0.455. The number of benzene rings is 1. The summed E-state index contributed by atoms with van der Waals surface area (Å²) in [6.45, 7) is 7.09. The first kappa shape index (κ1) is 18.7. The number of hydrogen-bond acceptors (Lipinski definition) is 4. The molecule has 2 saturated heterocycles. The van der Waals surface area contributed by atoms with Crippen molar-refractivity contribution in [2.45, 2.75) is 19.8 Å². The van der Waals surface area contributed by atoms with E-state index in [0.29, 0.717) is 24.6 Å². The smallest absolute Gasteiger partial charge is 0.254 e. The molecule has 1 unspecified atom stereocenters. The van der Waals surface area contributed by atoms with Gasteiger partial charge in [0.2, 0.25) is 0 Å². The summed E-state index contributed by atoms with van der Waals surface area (Å²) >= 11 is 0. The van der Waals surface area contributed by atoms with E-state index in [4.69, 9.17) is 0 Å². The SMILES string of the molecule is CC1CCCN(c2cc(C(=O)N3CCN(c4ccc(F)cc4)CC3)ccn2)C1. The number of amides is 1. The lowest BCUT2D eigenvalue weighted by atomic mass is 10.0. The maximum Gasteiger partial charge on any atom is 0.254 e. The van der Waals surface area contributed by atoms with Gasteiger partial charge in [0.1, 0.15) is 11.6 Å². The van der Waals surface area contributed by atoms with E-state index >= 15 is 0 Å². The van der Waals surface area contributed by atoms with E-state index < -0.39 is 0 Å². The lowest BCUT2D eigenvalue weighted by Gasteiger charge is -2.36. The predicted octanol–water partition coefficient (Wildman–Crippen LogP) is 3.42. The second-order valence-corrected chi connectivity index (χ2v) is 7.85. The summed E-state index contributed by atoms with van der Waals surface area (Å²) in [5.74, 6) is 1.40. The summed E-state index contributed by atoms with van der Waals surface area (Å²) in [7, 11) is 0. The Morgan fingerprint density at radius 1 is 1.04 bits per heavy atom. The zero-order valence-corrected chi connectivity index (χ0v) is 16.4. The monoisotopic (exact) mass is 382 g/mol. The van der Waals surface area contributed by atoms with E-state index in [1.807, 2.05) is 17.0 Å². The normalized spacial score (nSPS) is 20.4. The quantitative estimate of drug-likeness (QED) is 0.816. The molecular formula is C22H27FN4O. The van der Waals surface area contributed by atoms with Crippen LogP contribution in [-0.2, 0) is 0 Å². The molecule has 28 heavy (non-hydrogen) atoms. The summed E-state index contributed by atoms with van der Waals surface area (Å²) in [5, 5.41) is 0. The number of piperidine rings is 1. The third kappa shape index (κ3) is 4.11. The lowest BCUT2D eigenvalue weighted by molar-refractivity contribution is 0.0746. The minimum Gasteiger partial charge on any atom is -0.368 e. The van der Waals surface area contributed by atoms with Gasteiger partial charge in [0.15, 0.2) is 0 Å². The third-order valence-electron chi connectivity index (χ3n) is 5.73. The van der Waals surface area contributed by atoms with Crippen LogP contribution in [0.4, 0.5) is 15.9 Å². The minimum atomic E-state index is -0.228. The molecule has 1 amide bonds. The zero-order chi connectivity index (χ0) is 19.5. The summed E-state index contributed by atoms with van der Waals surface area (Å²) in [6, 6.07) is 10.3. The van der Waals surface area contributed by atoms with Gasteiger partial charge in [-0.25, -0.2) is 9.37 Å². The van der Waals surface area contributed by atoms with E-state index in [2.05, 4.69) is 21.7 Å². The van der Waals surface area contributed by atoms with Gasteiger partial charge in [-0.15, -0.1) is 0 Å². The Hall–Kier alpha value is -2.63. The Morgan fingerprint density at radius 3 is 2.50 bits per heavy atom. The van der Waals surface area contributed by atoms with Crippen molar-refractivity contribution in [2.24, 2.45) is 5.92 Å². The molecule has 1 atom stereocenters. The number of carbonyl (C=O) groups is 1. The van der Waals surface area contributed by atoms with Crippen molar-refractivity contribution < 1.29 is 9.18 Å². The molecule has 1 aromatic heterocycles. The summed E-state index contributed by atoms with van der Waals surface area (Å²) in [6.07, 6.45) is 4.18. The lowest BCUT2D eigenvalue weighted by Crippen LogP contribution is -2.48. The number of nitrogens with zero attached hydrogens (tertiary/aromatic N) is 4.